The minimum Gasteiger partial charge on any atom is -0.284 e. The number of amides is 1. The molecule has 2 aromatic rings. The topological polar surface area (TPSA) is 67.3 Å². The Labute approximate surface area is 151 Å². The zero-order valence-corrected chi connectivity index (χ0v) is 15.6. The molecule has 0 saturated heterocycles. The van der Waals surface area contributed by atoms with Gasteiger partial charge >= 0.3 is 0 Å². The van der Waals surface area contributed by atoms with Crippen LogP contribution in [0.15, 0.2) is 47.2 Å². The lowest BCUT2D eigenvalue weighted by atomic mass is 9.84. The Hall–Kier alpha value is -1.99. The van der Waals surface area contributed by atoms with Gasteiger partial charge in [0.25, 0.3) is 0 Å². The van der Waals surface area contributed by atoms with Crippen LogP contribution in [0.4, 0.5) is 5.13 Å². The van der Waals surface area contributed by atoms with Gasteiger partial charge in [-0.25, -0.2) is 13.4 Å². The minimum atomic E-state index is -3.22. The third-order valence-corrected chi connectivity index (χ3v) is 6.33. The van der Waals surface area contributed by atoms with Crippen molar-refractivity contribution in [2.75, 3.05) is 17.7 Å². The van der Waals surface area contributed by atoms with E-state index >= 15 is 0 Å². The van der Waals surface area contributed by atoms with E-state index in [-0.39, 0.29) is 16.7 Å². The number of thiazole rings is 1. The van der Waals surface area contributed by atoms with Crippen LogP contribution < -0.4 is 4.90 Å². The van der Waals surface area contributed by atoms with Gasteiger partial charge in [0.2, 0.25) is 5.91 Å². The van der Waals surface area contributed by atoms with Crippen LogP contribution in [0.1, 0.15) is 19.3 Å². The highest BCUT2D eigenvalue weighted by Gasteiger charge is 2.31. The van der Waals surface area contributed by atoms with E-state index in [2.05, 4.69) is 11.6 Å². The van der Waals surface area contributed by atoms with E-state index in [9.17, 15) is 13.2 Å². The summed E-state index contributed by atoms with van der Waals surface area (Å²) >= 11 is 1.41. The summed E-state index contributed by atoms with van der Waals surface area (Å²) in [6, 6.07) is 6.62. The summed E-state index contributed by atoms with van der Waals surface area (Å²) < 4.78 is 23.1. The minimum absolute atomic E-state index is 0.0985. The molecule has 132 valence electrons. The highest BCUT2D eigenvalue weighted by Crippen LogP contribution is 2.33. The van der Waals surface area contributed by atoms with Gasteiger partial charge in [0, 0.05) is 29.7 Å². The quantitative estimate of drug-likeness (QED) is 0.723. The second-order valence-corrected chi connectivity index (χ2v) is 9.03. The van der Waals surface area contributed by atoms with E-state index in [0.29, 0.717) is 11.7 Å². The van der Waals surface area contributed by atoms with Gasteiger partial charge in [-0.3, -0.25) is 9.69 Å². The zero-order chi connectivity index (χ0) is 18.0. The van der Waals surface area contributed by atoms with Crippen LogP contribution in [0.2, 0.25) is 0 Å². The van der Waals surface area contributed by atoms with Gasteiger partial charge in [-0.15, -0.1) is 17.9 Å². The predicted molar refractivity (Wildman–Crippen MR) is 101 cm³/mol. The zero-order valence-electron chi connectivity index (χ0n) is 14.0. The molecular weight excluding hydrogens is 356 g/mol. The summed E-state index contributed by atoms with van der Waals surface area (Å²) in [5.74, 6) is 0.209. The summed E-state index contributed by atoms with van der Waals surface area (Å²) in [5, 5.41) is 2.54. The smallest absolute Gasteiger partial charge is 0.232 e. The number of carbonyl (C=O) groups excluding carboxylic acids is 1. The molecule has 1 aromatic carbocycles. The lowest BCUT2D eigenvalue weighted by molar-refractivity contribution is -0.124. The average Bonchev–Trinajstić information content (AvgIpc) is 2.99. The van der Waals surface area contributed by atoms with Crippen LogP contribution in [0.25, 0.3) is 11.3 Å². The Balaban J connectivity index is 1.85. The maximum Gasteiger partial charge on any atom is 0.232 e. The van der Waals surface area contributed by atoms with Crippen LogP contribution in [0.3, 0.4) is 0 Å². The van der Waals surface area contributed by atoms with Gasteiger partial charge in [0.1, 0.15) is 0 Å². The highest BCUT2D eigenvalue weighted by atomic mass is 32.2. The molecule has 0 aliphatic heterocycles. The third-order valence-electron chi connectivity index (χ3n) is 4.33. The van der Waals surface area contributed by atoms with Gasteiger partial charge in [-0.1, -0.05) is 24.6 Å². The Morgan fingerprint density at radius 3 is 2.56 bits per heavy atom. The molecule has 0 radical (unpaired) electrons. The molecule has 1 amide bonds. The normalized spacial score (nSPS) is 14.8. The molecule has 0 atom stereocenters. The van der Waals surface area contributed by atoms with Crippen molar-refractivity contribution in [3.8, 4) is 11.3 Å². The standard InChI is InChI=1S/C18H20N2O3S2/c1-3-11-20(17(21)14-5-4-6-14)18-19-16(12-24-18)13-7-9-15(10-8-13)25(2,22)23/h3,7-10,12,14H,1,4-6,11H2,2H3. The summed E-state index contributed by atoms with van der Waals surface area (Å²) in [6.45, 7) is 4.18. The van der Waals surface area contributed by atoms with Crippen molar-refractivity contribution in [1.82, 2.24) is 4.98 Å². The first-order valence-corrected chi connectivity index (χ1v) is 10.9. The first kappa shape index (κ1) is 17.8. The molecular formula is C18H20N2O3S2. The van der Waals surface area contributed by atoms with Gasteiger partial charge in [0.05, 0.1) is 10.6 Å². The van der Waals surface area contributed by atoms with Crippen LogP contribution in [0, 0.1) is 5.92 Å². The van der Waals surface area contributed by atoms with E-state index in [0.717, 1.165) is 30.5 Å². The molecule has 1 saturated carbocycles. The van der Waals surface area contributed by atoms with Crippen LogP contribution in [0.5, 0.6) is 0 Å². The second kappa shape index (κ2) is 7.09. The maximum atomic E-state index is 12.6. The fourth-order valence-corrected chi connectivity index (χ4v) is 4.14. The lowest BCUT2D eigenvalue weighted by Gasteiger charge is -2.29. The Morgan fingerprint density at radius 2 is 2.04 bits per heavy atom. The van der Waals surface area contributed by atoms with E-state index in [1.165, 1.54) is 17.6 Å². The van der Waals surface area contributed by atoms with Crippen molar-refractivity contribution < 1.29 is 13.2 Å². The second-order valence-electron chi connectivity index (χ2n) is 6.18. The molecule has 7 heteroatoms. The maximum absolute atomic E-state index is 12.6. The molecule has 0 spiro atoms. The molecule has 1 aromatic heterocycles. The molecule has 1 aliphatic rings. The molecule has 1 fully saturated rings. The monoisotopic (exact) mass is 376 g/mol. The summed E-state index contributed by atoms with van der Waals surface area (Å²) in [4.78, 5) is 19.1. The molecule has 25 heavy (non-hydrogen) atoms. The van der Waals surface area contributed by atoms with Crippen molar-refractivity contribution in [2.24, 2.45) is 5.92 Å². The Kier molecular flexibility index (Phi) is 5.06. The Morgan fingerprint density at radius 1 is 1.36 bits per heavy atom. The Bertz CT molecular complexity index is 881. The van der Waals surface area contributed by atoms with Crippen molar-refractivity contribution in [3.63, 3.8) is 0 Å². The number of hydrogen-bond acceptors (Lipinski definition) is 5. The first-order valence-electron chi connectivity index (χ1n) is 8.08. The number of carbonyl (C=O) groups is 1. The number of benzene rings is 1. The average molecular weight is 377 g/mol. The molecule has 0 N–H and O–H groups in total. The van der Waals surface area contributed by atoms with Crippen molar-refractivity contribution in [2.45, 2.75) is 24.2 Å². The largest absolute Gasteiger partial charge is 0.284 e. The van der Waals surface area contributed by atoms with Gasteiger partial charge < -0.3 is 0 Å². The summed E-state index contributed by atoms with van der Waals surface area (Å²) in [5.41, 5.74) is 1.56. The summed E-state index contributed by atoms with van der Waals surface area (Å²) in [7, 11) is -3.22. The van der Waals surface area contributed by atoms with E-state index in [4.69, 9.17) is 0 Å². The molecule has 0 unspecified atom stereocenters. The van der Waals surface area contributed by atoms with Gasteiger partial charge in [-0.05, 0) is 25.0 Å². The highest BCUT2D eigenvalue weighted by molar-refractivity contribution is 7.90. The summed E-state index contributed by atoms with van der Waals surface area (Å²) in [6.07, 6.45) is 5.88. The lowest BCUT2D eigenvalue weighted by Crippen LogP contribution is -2.39. The fraction of sp³-hybridized carbons (Fsp3) is 0.333. The van der Waals surface area contributed by atoms with Crippen LogP contribution >= 0.6 is 11.3 Å². The number of sulfone groups is 1. The number of aromatic nitrogens is 1. The number of rotatable bonds is 6. The molecule has 1 heterocycles. The molecule has 5 nitrogen and oxygen atoms in total. The molecule has 1 aliphatic carbocycles. The van der Waals surface area contributed by atoms with Crippen LogP contribution in [-0.2, 0) is 14.6 Å². The van der Waals surface area contributed by atoms with Crippen molar-refractivity contribution >= 4 is 32.2 Å². The number of anilines is 1. The molecule has 0 bridgehead atoms. The number of hydrogen-bond donors (Lipinski definition) is 0. The van der Waals surface area contributed by atoms with Gasteiger partial charge in [0.15, 0.2) is 15.0 Å². The first-order chi connectivity index (χ1) is 11.9. The third kappa shape index (κ3) is 3.82. The number of nitrogens with zero attached hydrogens (tertiary/aromatic N) is 2. The van der Waals surface area contributed by atoms with Crippen molar-refractivity contribution in [1.29, 1.82) is 0 Å². The van der Waals surface area contributed by atoms with Gasteiger partial charge in [-0.2, -0.15) is 0 Å². The SMILES string of the molecule is C=CCN(C(=O)C1CCC1)c1nc(-c2ccc(S(C)(=O)=O)cc2)cs1. The predicted octanol–water partition coefficient (Wildman–Crippen LogP) is 3.53. The van der Waals surface area contributed by atoms with E-state index in [1.54, 1.807) is 35.2 Å². The van der Waals surface area contributed by atoms with Crippen LogP contribution in [-0.4, -0.2) is 32.1 Å². The van der Waals surface area contributed by atoms with E-state index < -0.39 is 9.84 Å². The van der Waals surface area contributed by atoms with E-state index in [1.807, 2.05) is 5.38 Å². The van der Waals surface area contributed by atoms with Crippen molar-refractivity contribution in [3.05, 3.63) is 42.3 Å². The fourth-order valence-electron chi connectivity index (χ4n) is 2.66. The molecule has 3 rings (SSSR count).